The molecule has 6 heteroatoms. The average molecular weight is 277 g/mol. The van der Waals surface area contributed by atoms with Crippen molar-refractivity contribution in [2.45, 2.75) is 18.6 Å². The zero-order valence-electron chi connectivity index (χ0n) is 8.75. The first-order valence-corrected chi connectivity index (χ1v) is 6.44. The molecule has 1 unspecified atom stereocenters. The molecule has 1 atom stereocenters. The van der Waals surface area contributed by atoms with E-state index in [0.717, 1.165) is 16.1 Å². The van der Waals surface area contributed by atoms with Gasteiger partial charge in [-0.25, -0.2) is 0 Å². The third-order valence-corrected chi connectivity index (χ3v) is 3.89. The zero-order chi connectivity index (χ0) is 12.5. The van der Waals surface area contributed by atoms with Crippen LogP contribution in [0, 0.1) is 0 Å². The van der Waals surface area contributed by atoms with Gasteiger partial charge in [-0.1, -0.05) is 42.2 Å². The van der Waals surface area contributed by atoms with Crippen molar-refractivity contribution >= 4 is 28.3 Å². The summed E-state index contributed by atoms with van der Waals surface area (Å²) in [7, 11) is 0. The molecule has 1 aliphatic rings. The van der Waals surface area contributed by atoms with Gasteiger partial charge in [0.25, 0.3) is 0 Å². The molecule has 17 heavy (non-hydrogen) atoms. The van der Waals surface area contributed by atoms with Crippen LogP contribution >= 0.6 is 24.0 Å². The summed E-state index contributed by atoms with van der Waals surface area (Å²) in [4.78, 5) is 0. The van der Waals surface area contributed by atoms with Crippen LogP contribution in [0.15, 0.2) is 24.3 Å². The highest BCUT2D eigenvalue weighted by molar-refractivity contribution is 8.23. The van der Waals surface area contributed by atoms with Crippen molar-refractivity contribution in [2.75, 3.05) is 5.75 Å². The third kappa shape index (κ3) is 3.35. The van der Waals surface area contributed by atoms with Gasteiger partial charge in [-0.05, 0) is 18.1 Å². The summed E-state index contributed by atoms with van der Waals surface area (Å²) in [5.41, 5.74) is 0.0888. The molecule has 1 aliphatic heterocycles. The zero-order valence-corrected chi connectivity index (χ0v) is 10.4. The largest absolute Gasteiger partial charge is 0.416 e. The van der Waals surface area contributed by atoms with Gasteiger partial charge in [-0.3, -0.25) is 0 Å². The monoisotopic (exact) mass is 277 g/mol. The summed E-state index contributed by atoms with van der Waals surface area (Å²) in [6.07, 6.45) is -3.71. The molecule has 1 nitrogen and oxygen atoms in total. The second-order valence-electron chi connectivity index (χ2n) is 3.84. The highest BCUT2D eigenvalue weighted by atomic mass is 32.2. The van der Waals surface area contributed by atoms with E-state index in [0.29, 0.717) is 12.0 Å². The maximum atomic E-state index is 12.5. The average Bonchev–Trinajstić information content (AvgIpc) is 2.63. The minimum atomic E-state index is -4.27. The Kier molecular flexibility index (Phi) is 3.63. The van der Waals surface area contributed by atoms with Crippen LogP contribution in [0.3, 0.4) is 0 Å². The fraction of sp³-hybridized carbons (Fsp3) is 0.364. The van der Waals surface area contributed by atoms with Gasteiger partial charge in [0, 0.05) is 11.8 Å². The fourth-order valence-electron chi connectivity index (χ4n) is 1.70. The van der Waals surface area contributed by atoms with Gasteiger partial charge >= 0.3 is 6.18 Å². The Hall–Kier alpha value is -0.750. The lowest BCUT2D eigenvalue weighted by Gasteiger charge is -2.12. The smallest absolute Gasteiger partial charge is 0.367 e. The molecule has 0 spiro atoms. The van der Waals surface area contributed by atoms with Crippen molar-refractivity contribution in [1.29, 1.82) is 0 Å². The van der Waals surface area contributed by atoms with Crippen LogP contribution in [0.4, 0.5) is 13.2 Å². The Labute approximate surface area is 107 Å². The maximum Gasteiger partial charge on any atom is 0.416 e. The van der Waals surface area contributed by atoms with Gasteiger partial charge in [0.2, 0.25) is 0 Å². The molecule has 0 amide bonds. The number of nitrogens with one attached hydrogen (secondary N) is 1. The fourth-order valence-corrected chi connectivity index (χ4v) is 2.87. The first-order chi connectivity index (χ1) is 7.95. The topological polar surface area (TPSA) is 12.0 Å². The number of hydrogen-bond donors (Lipinski definition) is 1. The molecule has 1 aromatic carbocycles. The van der Waals surface area contributed by atoms with Crippen LogP contribution in [0.5, 0.6) is 0 Å². The van der Waals surface area contributed by atoms with Crippen LogP contribution in [-0.2, 0) is 12.6 Å². The third-order valence-electron chi connectivity index (χ3n) is 2.47. The number of alkyl halides is 3. The van der Waals surface area contributed by atoms with Crippen LogP contribution in [0.1, 0.15) is 11.1 Å². The molecule has 92 valence electrons. The molecular formula is C11H10F3NS2. The molecular weight excluding hydrogens is 267 g/mol. The standard InChI is InChI=1S/C11H10F3NS2/c12-11(13,14)8-3-1-2-7(4-8)5-9-6-17-10(16)15-9/h1-4,9H,5-6H2,(H,15,16). The van der Waals surface area contributed by atoms with E-state index in [9.17, 15) is 13.2 Å². The van der Waals surface area contributed by atoms with Crippen molar-refractivity contribution in [1.82, 2.24) is 5.32 Å². The molecule has 2 rings (SSSR count). The van der Waals surface area contributed by atoms with Crippen molar-refractivity contribution in [2.24, 2.45) is 0 Å². The predicted molar refractivity (Wildman–Crippen MR) is 67.1 cm³/mol. The first-order valence-electron chi connectivity index (χ1n) is 5.04. The Morgan fingerprint density at radius 1 is 1.41 bits per heavy atom. The number of halogens is 3. The Bertz CT molecular complexity index is 431. The lowest BCUT2D eigenvalue weighted by Crippen LogP contribution is -2.28. The van der Waals surface area contributed by atoms with Crippen molar-refractivity contribution < 1.29 is 13.2 Å². The van der Waals surface area contributed by atoms with Gasteiger partial charge in [0.15, 0.2) is 0 Å². The highest BCUT2D eigenvalue weighted by Crippen LogP contribution is 2.30. The van der Waals surface area contributed by atoms with E-state index >= 15 is 0 Å². The van der Waals surface area contributed by atoms with Crippen LogP contribution < -0.4 is 5.32 Å². The molecule has 1 heterocycles. The second-order valence-corrected chi connectivity index (χ2v) is 5.54. The van der Waals surface area contributed by atoms with Crippen LogP contribution in [0.25, 0.3) is 0 Å². The molecule has 0 aliphatic carbocycles. The highest BCUT2D eigenvalue weighted by Gasteiger charge is 2.30. The van der Waals surface area contributed by atoms with E-state index in [1.165, 1.54) is 23.9 Å². The normalized spacial score (nSPS) is 20.4. The van der Waals surface area contributed by atoms with Gasteiger partial charge in [-0.15, -0.1) is 0 Å². The Balaban J connectivity index is 2.09. The molecule has 1 aromatic rings. The Morgan fingerprint density at radius 3 is 2.76 bits per heavy atom. The number of thioether (sulfide) groups is 1. The number of hydrogen-bond acceptors (Lipinski definition) is 2. The van der Waals surface area contributed by atoms with Gasteiger partial charge < -0.3 is 5.32 Å². The molecule has 0 aromatic heterocycles. The Morgan fingerprint density at radius 2 is 2.18 bits per heavy atom. The number of rotatable bonds is 2. The second kappa shape index (κ2) is 4.86. The van der Waals surface area contributed by atoms with E-state index in [4.69, 9.17) is 12.2 Å². The quantitative estimate of drug-likeness (QED) is 0.834. The summed E-state index contributed by atoms with van der Waals surface area (Å²) in [5, 5.41) is 3.07. The molecule has 0 saturated carbocycles. The first kappa shape index (κ1) is 12.7. The summed E-state index contributed by atoms with van der Waals surface area (Å²) < 4.78 is 38.2. The number of benzene rings is 1. The summed E-state index contributed by atoms with van der Waals surface area (Å²) >= 11 is 6.50. The maximum absolute atomic E-state index is 12.5. The summed E-state index contributed by atoms with van der Waals surface area (Å²) in [6.45, 7) is 0. The molecule has 1 fully saturated rings. The number of thiocarbonyl (C=S) groups is 1. The molecule has 0 bridgehead atoms. The summed E-state index contributed by atoms with van der Waals surface area (Å²) in [6, 6.07) is 5.58. The lowest BCUT2D eigenvalue weighted by atomic mass is 10.0. The molecule has 1 saturated heterocycles. The summed E-state index contributed by atoms with van der Waals surface area (Å²) in [5.74, 6) is 0.815. The van der Waals surface area contributed by atoms with Crippen LogP contribution in [-0.4, -0.2) is 16.1 Å². The van der Waals surface area contributed by atoms with E-state index < -0.39 is 11.7 Å². The molecule has 1 N–H and O–H groups in total. The predicted octanol–water partition coefficient (Wildman–Crippen LogP) is 3.24. The van der Waals surface area contributed by atoms with Crippen molar-refractivity contribution in [3.63, 3.8) is 0 Å². The van der Waals surface area contributed by atoms with Crippen molar-refractivity contribution in [3.8, 4) is 0 Å². The van der Waals surface area contributed by atoms with E-state index in [2.05, 4.69) is 5.32 Å². The minimum absolute atomic E-state index is 0.135. The minimum Gasteiger partial charge on any atom is -0.367 e. The van der Waals surface area contributed by atoms with Crippen LogP contribution in [0.2, 0.25) is 0 Å². The van der Waals surface area contributed by atoms with E-state index in [1.807, 2.05) is 0 Å². The SMILES string of the molecule is FC(F)(F)c1cccc(CC2CSC(=S)N2)c1. The van der Waals surface area contributed by atoms with Gasteiger partial charge in [-0.2, -0.15) is 13.2 Å². The van der Waals surface area contributed by atoms with E-state index in [1.54, 1.807) is 6.07 Å². The van der Waals surface area contributed by atoms with Gasteiger partial charge in [0.05, 0.1) is 5.56 Å². The van der Waals surface area contributed by atoms with Gasteiger partial charge in [0.1, 0.15) is 4.32 Å². The lowest BCUT2D eigenvalue weighted by molar-refractivity contribution is -0.137. The molecule has 0 radical (unpaired) electrons. The van der Waals surface area contributed by atoms with E-state index in [-0.39, 0.29) is 6.04 Å². The van der Waals surface area contributed by atoms with Crippen molar-refractivity contribution in [3.05, 3.63) is 35.4 Å².